The Morgan fingerprint density at radius 2 is 2.08 bits per heavy atom. The van der Waals surface area contributed by atoms with Gasteiger partial charge in [0.2, 0.25) is 0 Å². The minimum absolute atomic E-state index is 0.199. The number of carbonyl (C=O) groups excluding carboxylic acids is 2. The smallest absolute Gasteiger partial charge is 0.337 e. The van der Waals surface area contributed by atoms with Crippen LogP contribution < -0.4 is 5.32 Å². The highest BCUT2D eigenvalue weighted by Crippen LogP contribution is 2.31. The van der Waals surface area contributed by atoms with Crippen LogP contribution in [0.15, 0.2) is 29.2 Å². The summed E-state index contributed by atoms with van der Waals surface area (Å²) in [4.78, 5) is 24.3. The van der Waals surface area contributed by atoms with Gasteiger partial charge in [-0.1, -0.05) is 35.6 Å². The second kappa shape index (κ2) is 7.26. The van der Waals surface area contributed by atoms with Crippen molar-refractivity contribution in [3.63, 3.8) is 0 Å². The normalized spacial score (nSPS) is 15.5. The van der Waals surface area contributed by atoms with Crippen molar-refractivity contribution < 1.29 is 14.3 Å². The zero-order chi connectivity index (χ0) is 19.0. The Hall–Kier alpha value is -2.09. The Morgan fingerprint density at radius 3 is 2.69 bits per heavy atom. The molecule has 1 N–H and O–H groups in total. The highest BCUT2D eigenvalue weighted by Gasteiger charge is 2.23. The lowest BCUT2D eigenvalue weighted by molar-refractivity contribution is -0.115. The number of thiocarbonyl (C=S) groups is 1. The minimum Gasteiger partial charge on any atom is -0.465 e. The Labute approximate surface area is 165 Å². The average molecular weight is 407 g/mol. The van der Waals surface area contributed by atoms with Crippen molar-refractivity contribution in [1.82, 2.24) is 9.88 Å². The van der Waals surface area contributed by atoms with Crippen molar-refractivity contribution >= 4 is 57.9 Å². The van der Waals surface area contributed by atoms with Crippen LogP contribution in [0.1, 0.15) is 27.3 Å². The first-order valence-corrected chi connectivity index (χ1v) is 9.24. The standard InChI is InChI=1S/C18H15ClN2O3S2/c1-9-6-12(8-15-16(22)20-18(25)26-15)10(2)21(9)14-7-11(17(23)24-3)4-5-13(14)19/h4-8H,1-3H3,(H,20,22,25)/b15-8-. The van der Waals surface area contributed by atoms with Crippen LogP contribution in [0, 0.1) is 13.8 Å². The molecule has 2 heterocycles. The molecule has 0 radical (unpaired) electrons. The van der Waals surface area contributed by atoms with E-state index in [9.17, 15) is 9.59 Å². The zero-order valence-corrected chi connectivity index (χ0v) is 16.6. The summed E-state index contributed by atoms with van der Waals surface area (Å²) in [5.41, 5.74) is 3.78. The summed E-state index contributed by atoms with van der Waals surface area (Å²) in [7, 11) is 1.34. The third kappa shape index (κ3) is 3.42. The topological polar surface area (TPSA) is 60.3 Å². The van der Waals surface area contributed by atoms with Gasteiger partial charge in [0, 0.05) is 11.4 Å². The quantitative estimate of drug-likeness (QED) is 0.474. The molecule has 134 valence electrons. The number of hydrogen-bond donors (Lipinski definition) is 1. The largest absolute Gasteiger partial charge is 0.465 e. The van der Waals surface area contributed by atoms with Crippen molar-refractivity contribution in [3.05, 3.63) is 56.7 Å². The van der Waals surface area contributed by atoms with Crippen molar-refractivity contribution in [1.29, 1.82) is 0 Å². The zero-order valence-electron chi connectivity index (χ0n) is 14.3. The molecule has 0 unspecified atom stereocenters. The fraction of sp³-hybridized carbons (Fsp3) is 0.167. The van der Waals surface area contributed by atoms with Gasteiger partial charge in [-0.05, 0) is 49.8 Å². The monoisotopic (exact) mass is 406 g/mol. The number of esters is 1. The maximum atomic E-state index is 11.9. The molecule has 1 aromatic carbocycles. The Balaban J connectivity index is 2.10. The van der Waals surface area contributed by atoms with E-state index in [4.69, 9.17) is 28.6 Å². The van der Waals surface area contributed by atoms with Crippen molar-refractivity contribution in [2.75, 3.05) is 7.11 Å². The van der Waals surface area contributed by atoms with Gasteiger partial charge in [-0.3, -0.25) is 4.79 Å². The van der Waals surface area contributed by atoms with Crippen LogP contribution in [0.25, 0.3) is 11.8 Å². The van der Waals surface area contributed by atoms with Gasteiger partial charge < -0.3 is 14.6 Å². The molecule has 2 aromatic rings. The molecule has 8 heteroatoms. The Kier molecular flexibility index (Phi) is 5.22. The van der Waals surface area contributed by atoms with E-state index in [0.29, 0.717) is 25.5 Å². The van der Waals surface area contributed by atoms with Gasteiger partial charge in [-0.2, -0.15) is 0 Å². The van der Waals surface area contributed by atoms with Crippen LogP contribution in [0.2, 0.25) is 5.02 Å². The van der Waals surface area contributed by atoms with E-state index in [1.54, 1.807) is 24.3 Å². The summed E-state index contributed by atoms with van der Waals surface area (Å²) in [5.74, 6) is -0.629. The summed E-state index contributed by atoms with van der Waals surface area (Å²) in [6, 6.07) is 6.93. The Morgan fingerprint density at radius 1 is 1.35 bits per heavy atom. The van der Waals surface area contributed by atoms with Crippen molar-refractivity contribution in [2.24, 2.45) is 0 Å². The Bertz CT molecular complexity index is 979. The predicted molar refractivity (Wildman–Crippen MR) is 108 cm³/mol. The molecule has 0 saturated carbocycles. The molecule has 0 bridgehead atoms. The van der Waals surface area contributed by atoms with Crippen LogP contribution in [0.3, 0.4) is 0 Å². The number of thioether (sulfide) groups is 1. The molecule has 1 amide bonds. The molecule has 0 spiro atoms. The molecule has 1 aromatic heterocycles. The minimum atomic E-state index is -0.430. The molecule has 1 saturated heterocycles. The van der Waals surface area contributed by atoms with Crippen LogP contribution in [-0.2, 0) is 9.53 Å². The number of aryl methyl sites for hydroxylation is 1. The number of benzene rings is 1. The molecule has 26 heavy (non-hydrogen) atoms. The third-order valence-electron chi connectivity index (χ3n) is 4.01. The van der Waals surface area contributed by atoms with E-state index < -0.39 is 5.97 Å². The summed E-state index contributed by atoms with van der Waals surface area (Å²) < 4.78 is 7.17. The summed E-state index contributed by atoms with van der Waals surface area (Å²) in [6.45, 7) is 3.86. The van der Waals surface area contributed by atoms with E-state index in [0.717, 1.165) is 17.0 Å². The summed E-state index contributed by atoms with van der Waals surface area (Å²) in [6.07, 6.45) is 1.80. The maximum absolute atomic E-state index is 11.9. The SMILES string of the molecule is COC(=O)c1ccc(Cl)c(-n2c(C)cc(/C=C3\SC(=S)NC3=O)c2C)c1. The molecule has 0 atom stereocenters. The number of ether oxygens (including phenoxy) is 1. The van der Waals surface area contributed by atoms with Gasteiger partial charge >= 0.3 is 5.97 Å². The number of rotatable bonds is 3. The van der Waals surface area contributed by atoms with Gasteiger partial charge in [0.15, 0.2) is 0 Å². The lowest BCUT2D eigenvalue weighted by atomic mass is 10.2. The van der Waals surface area contributed by atoms with Crippen LogP contribution in [0.5, 0.6) is 0 Å². The number of aromatic nitrogens is 1. The predicted octanol–water partition coefficient (Wildman–Crippen LogP) is 4.02. The van der Waals surface area contributed by atoms with Gasteiger partial charge in [0.1, 0.15) is 4.32 Å². The van der Waals surface area contributed by atoms with E-state index in [2.05, 4.69) is 5.32 Å². The molecule has 5 nitrogen and oxygen atoms in total. The van der Waals surface area contributed by atoms with Crippen LogP contribution in [0.4, 0.5) is 0 Å². The second-order valence-corrected chi connectivity index (χ2v) is 7.80. The van der Waals surface area contributed by atoms with Gasteiger partial charge in [-0.15, -0.1) is 0 Å². The van der Waals surface area contributed by atoms with Gasteiger partial charge in [0.05, 0.1) is 28.3 Å². The number of carbonyl (C=O) groups is 2. The molecule has 1 aliphatic rings. The molecular weight excluding hydrogens is 392 g/mol. The van der Waals surface area contributed by atoms with E-state index in [-0.39, 0.29) is 5.91 Å². The first-order chi connectivity index (χ1) is 12.3. The highest BCUT2D eigenvalue weighted by molar-refractivity contribution is 8.26. The number of nitrogens with zero attached hydrogens (tertiary/aromatic N) is 1. The van der Waals surface area contributed by atoms with Crippen LogP contribution >= 0.6 is 35.6 Å². The molecular formula is C18H15ClN2O3S2. The first kappa shape index (κ1) is 18.7. The number of halogens is 1. The number of hydrogen-bond acceptors (Lipinski definition) is 5. The van der Waals surface area contributed by atoms with Crippen LogP contribution in [-0.4, -0.2) is 27.9 Å². The van der Waals surface area contributed by atoms with E-state index >= 15 is 0 Å². The van der Waals surface area contributed by atoms with E-state index in [1.165, 1.54) is 18.9 Å². The maximum Gasteiger partial charge on any atom is 0.337 e. The number of methoxy groups -OCH3 is 1. The molecule has 1 fully saturated rings. The first-order valence-electron chi connectivity index (χ1n) is 7.64. The highest BCUT2D eigenvalue weighted by atomic mass is 35.5. The number of nitrogens with one attached hydrogen (secondary N) is 1. The van der Waals surface area contributed by atoms with Crippen molar-refractivity contribution in [2.45, 2.75) is 13.8 Å². The average Bonchev–Trinajstić information content (AvgIpc) is 3.06. The lowest BCUT2D eigenvalue weighted by Gasteiger charge is -2.13. The van der Waals surface area contributed by atoms with Gasteiger partial charge in [-0.25, -0.2) is 4.79 Å². The third-order valence-corrected chi connectivity index (χ3v) is 5.49. The summed E-state index contributed by atoms with van der Waals surface area (Å²) >= 11 is 12.6. The fourth-order valence-electron chi connectivity index (χ4n) is 2.80. The molecule has 1 aliphatic heterocycles. The van der Waals surface area contributed by atoms with E-state index in [1.807, 2.05) is 24.5 Å². The van der Waals surface area contributed by atoms with Gasteiger partial charge in [0.25, 0.3) is 5.91 Å². The molecule has 3 rings (SSSR count). The lowest BCUT2D eigenvalue weighted by Crippen LogP contribution is -2.17. The second-order valence-electron chi connectivity index (χ2n) is 5.67. The van der Waals surface area contributed by atoms with Crippen molar-refractivity contribution in [3.8, 4) is 5.69 Å². The fourth-order valence-corrected chi connectivity index (χ4v) is 4.03. The molecule has 0 aliphatic carbocycles. The summed E-state index contributed by atoms with van der Waals surface area (Å²) in [5, 5.41) is 3.11. The number of amides is 1.